The molecule has 1 aromatic carbocycles. The van der Waals surface area contributed by atoms with Crippen LogP contribution < -0.4 is 11.2 Å². The summed E-state index contributed by atoms with van der Waals surface area (Å²) >= 11 is 1.71. The molecule has 0 aliphatic rings. The first-order valence-electron chi connectivity index (χ1n) is 5.93. The average molecular weight is 271 g/mol. The van der Waals surface area contributed by atoms with Crippen LogP contribution in [0.2, 0.25) is 0 Å². The molecule has 4 nitrogen and oxygen atoms in total. The molecule has 2 aromatic heterocycles. The predicted molar refractivity (Wildman–Crippen MR) is 78.7 cm³/mol. The second kappa shape index (κ2) is 4.87. The van der Waals surface area contributed by atoms with Crippen molar-refractivity contribution in [3.05, 3.63) is 48.0 Å². The Bertz CT molecular complexity index is 715. The van der Waals surface area contributed by atoms with Gasteiger partial charge in [-0.3, -0.25) is 14.9 Å². The maximum atomic E-state index is 11.3. The van der Waals surface area contributed by atoms with Gasteiger partial charge in [0.25, 0.3) is 5.91 Å². The van der Waals surface area contributed by atoms with Gasteiger partial charge >= 0.3 is 0 Å². The molecular weight excluding hydrogens is 258 g/mol. The number of thiophene rings is 1. The number of nitrogens with one attached hydrogen (secondary N) is 1. The SMILES string of the molecule is NCC(=O)Nn1ccc2cc(-c3cccs3)ccc21. The first-order valence-corrected chi connectivity index (χ1v) is 6.81. The number of aromatic nitrogens is 1. The van der Waals surface area contributed by atoms with E-state index in [1.165, 1.54) is 10.4 Å². The zero-order valence-corrected chi connectivity index (χ0v) is 11.0. The van der Waals surface area contributed by atoms with E-state index in [0.29, 0.717) is 0 Å². The highest BCUT2D eigenvalue weighted by molar-refractivity contribution is 7.13. The minimum Gasteiger partial charge on any atom is -0.322 e. The molecule has 96 valence electrons. The van der Waals surface area contributed by atoms with E-state index in [-0.39, 0.29) is 12.5 Å². The van der Waals surface area contributed by atoms with Crippen molar-refractivity contribution in [3.8, 4) is 10.4 Å². The third-order valence-corrected chi connectivity index (χ3v) is 3.85. The highest BCUT2D eigenvalue weighted by Gasteiger charge is 2.06. The zero-order valence-electron chi connectivity index (χ0n) is 10.2. The summed E-state index contributed by atoms with van der Waals surface area (Å²) in [6, 6.07) is 12.3. The first-order chi connectivity index (χ1) is 9.28. The Hall–Kier alpha value is -2.11. The smallest absolute Gasteiger partial charge is 0.252 e. The van der Waals surface area contributed by atoms with Crippen LogP contribution in [-0.4, -0.2) is 17.1 Å². The van der Waals surface area contributed by atoms with Gasteiger partial charge in [-0.1, -0.05) is 12.1 Å². The lowest BCUT2D eigenvalue weighted by atomic mass is 10.1. The minimum atomic E-state index is -0.208. The highest BCUT2D eigenvalue weighted by Crippen LogP contribution is 2.28. The van der Waals surface area contributed by atoms with Gasteiger partial charge in [-0.2, -0.15) is 0 Å². The van der Waals surface area contributed by atoms with Gasteiger partial charge in [0.2, 0.25) is 0 Å². The number of nitrogens with two attached hydrogens (primary N) is 1. The summed E-state index contributed by atoms with van der Waals surface area (Å²) in [4.78, 5) is 12.6. The van der Waals surface area contributed by atoms with Gasteiger partial charge in [-0.25, -0.2) is 0 Å². The lowest BCUT2D eigenvalue weighted by molar-refractivity contribution is -0.115. The second-order valence-electron chi connectivity index (χ2n) is 4.18. The first kappa shape index (κ1) is 12.0. The molecule has 19 heavy (non-hydrogen) atoms. The molecule has 2 heterocycles. The van der Waals surface area contributed by atoms with Gasteiger partial charge in [0, 0.05) is 16.5 Å². The minimum absolute atomic E-state index is 0.0209. The van der Waals surface area contributed by atoms with Crippen molar-refractivity contribution < 1.29 is 4.79 Å². The maximum Gasteiger partial charge on any atom is 0.252 e. The van der Waals surface area contributed by atoms with Gasteiger partial charge in [-0.05, 0) is 35.2 Å². The molecule has 0 saturated carbocycles. The predicted octanol–water partition coefficient (Wildman–Crippen LogP) is 2.40. The molecule has 0 fully saturated rings. The van der Waals surface area contributed by atoms with Crippen LogP contribution in [0.25, 0.3) is 21.3 Å². The van der Waals surface area contributed by atoms with E-state index in [1.54, 1.807) is 16.0 Å². The normalized spacial score (nSPS) is 10.8. The Labute approximate surface area is 114 Å². The zero-order chi connectivity index (χ0) is 13.2. The summed E-state index contributed by atoms with van der Waals surface area (Å²) in [5.41, 5.74) is 10.2. The van der Waals surface area contributed by atoms with E-state index in [0.717, 1.165) is 10.9 Å². The highest BCUT2D eigenvalue weighted by atomic mass is 32.1. The lowest BCUT2D eigenvalue weighted by Gasteiger charge is -2.06. The summed E-state index contributed by atoms with van der Waals surface area (Å²) in [7, 11) is 0. The van der Waals surface area contributed by atoms with Gasteiger partial charge in [0.15, 0.2) is 0 Å². The monoisotopic (exact) mass is 271 g/mol. The summed E-state index contributed by atoms with van der Waals surface area (Å²) < 4.78 is 1.70. The molecular formula is C14H13N3OS. The molecule has 5 heteroatoms. The fourth-order valence-electron chi connectivity index (χ4n) is 2.02. The van der Waals surface area contributed by atoms with Gasteiger partial charge in [-0.15, -0.1) is 11.3 Å². The molecule has 0 aliphatic carbocycles. The molecule has 0 radical (unpaired) electrons. The van der Waals surface area contributed by atoms with Crippen LogP contribution in [-0.2, 0) is 4.79 Å². The second-order valence-corrected chi connectivity index (χ2v) is 5.12. The summed E-state index contributed by atoms with van der Waals surface area (Å²) in [6.45, 7) is -0.0209. The van der Waals surface area contributed by atoms with Crippen molar-refractivity contribution in [2.45, 2.75) is 0 Å². The molecule has 0 saturated heterocycles. The van der Waals surface area contributed by atoms with E-state index in [1.807, 2.05) is 24.4 Å². The number of carbonyl (C=O) groups excluding carboxylic acids is 1. The van der Waals surface area contributed by atoms with E-state index in [2.05, 4.69) is 29.0 Å². The van der Waals surface area contributed by atoms with Crippen LogP contribution in [0.15, 0.2) is 48.0 Å². The van der Waals surface area contributed by atoms with Crippen LogP contribution in [0.3, 0.4) is 0 Å². The van der Waals surface area contributed by atoms with Crippen LogP contribution in [0.4, 0.5) is 0 Å². The Balaban J connectivity index is 2.00. The molecule has 0 aliphatic heterocycles. The fourth-order valence-corrected chi connectivity index (χ4v) is 2.74. The maximum absolute atomic E-state index is 11.3. The number of benzene rings is 1. The van der Waals surface area contributed by atoms with Crippen LogP contribution in [0, 0.1) is 0 Å². The number of carbonyl (C=O) groups is 1. The number of rotatable bonds is 3. The van der Waals surface area contributed by atoms with Gasteiger partial charge in [0.05, 0.1) is 12.1 Å². The fraction of sp³-hybridized carbons (Fsp3) is 0.0714. The molecule has 0 unspecified atom stereocenters. The van der Waals surface area contributed by atoms with Crippen molar-refractivity contribution in [1.82, 2.24) is 4.68 Å². The molecule has 3 aromatic rings. The van der Waals surface area contributed by atoms with Crippen molar-refractivity contribution in [2.75, 3.05) is 12.0 Å². The molecule has 1 amide bonds. The van der Waals surface area contributed by atoms with Crippen molar-refractivity contribution in [1.29, 1.82) is 0 Å². The van der Waals surface area contributed by atoms with Gasteiger partial charge < -0.3 is 5.73 Å². The Morgan fingerprint density at radius 2 is 2.21 bits per heavy atom. The lowest BCUT2D eigenvalue weighted by Crippen LogP contribution is -2.28. The number of amides is 1. The van der Waals surface area contributed by atoms with Crippen LogP contribution in [0.5, 0.6) is 0 Å². The molecule has 3 rings (SSSR count). The number of fused-ring (bicyclic) bond motifs is 1. The molecule has 0 bridgehead atoms. The van der Waals surface area contributed by atoms with Crippen LogP contribution >= 0.6 is 11.3 Å². The number of nitrogens with zero attached hydrogens (tertiary/aromatic N) is 1. The standard InChI is InChI=1S/C14H13N3OS/c15-9-14(18)16-17-6-5-10-8-11(3-4-12(10)17)13-2-1-7-19-13/h1-8H,9,15H2,(H,16,18). The van der Waals surface area contributed by atoms with E-state index in [4.69, 9.17) is 5.73 Å². The topological polar surface area (TPSA) is 60.1 Å². The Kier molecular flexibility index (Phi) is 3.06. The average Bonchev–Trinajstić information content (AvgIpc) is 3.08. The Morgan fingerprint density at radius 1 is 1.32 bits per heavy atom. The van der Waals surface area contributed by atoms with Crippen LogP contribution in [0.1, 0.15) is 0 Å². The number of hydrogen-bond donors (Lipinski definition) is 2. The molecule has 0 atom stereocenters. The summed E-state index contributed by atoms with van der Waals surface area (Å²) in [5, 5.41) is 3.15. The Morgan fingerprint density at radius 3 is 2.95 bits per heavy atom. The third-order valence-electron chi connectivity index (χ3n) is 2.93. The third kappa shape index (κ3) is 2.25. The van der Waals surface area contributed by atoms with E-state index >= 15 is 0 Å². The van der Waals surface area contributed by atoms with Crippen molar-refractivity contribution >= 4 is 28.1 Å². The van der Waals surface area contributed by atoms with Gasteiger partial charge in [0.1, 0.15) is 0 Å². The van der Waals surface area contributed by atoms with Crippen molar-refractivity contribution in [3.63, 3.8) is 0 Å². The quantitative estimate of drug-likeness (QED) is 0.768. The van der Waals surface area contributed by atoms with E-state index in [9.17, 15) is 4.79 Å². The molecule has 0 spiro atoms. The summed E-state index contributed by atoms with van der Waals surface area (Å²) in [5.74, 6) is -0.208. The van der Waals surface area contributed by atoms with Crippen molar-refractivity contribution in [2.24, 2.45) is 5.73 Å². The van der Waals surface area contributed by atoms with E-state index < -0.39 is 0 Å². The summed E-state index contributed by atoms with van der Waals surface area (Å²) in [6.07, 6.45) is 1.83. The largest absolute Gasteiger partial charge is 0.322 e. The number of hydrogen-bond acceptors (Lipinski definition) is 3. The molecule has 3 N–H and O–H groups in total.